The molecule has 0 aliphatic heterocycles. The first-order chi connectivity index (χ1) is 16.5. The minimum absolute atomic E-state index is 0.0745. The lowest BCUT2D eigenvalue weighted by Gasteiger charge is -2.12. The number of aromatic nitrogens is 3. The van der Waals surface area contributed by atoms with Crippen LogP contribution >= 0.6 is 23.4 Å². The zero-order valence-corrected chi connectivity index (χ0v) is 20.4. The monoisotopic (exact) mass is 495 g/mol. The van der Waals surface area contributed by atoms with Crippen LogP contribution in [0.1, 0.15) is 10.4 Å². The van der Waals surface area contributed by atoms with Crippen LogP contribution in [0.5, 0.6) is 17.2 Å². The number of Topliss-reactive ketones (excluding diaryl/α,β-unsaturated/α-hetero) is 1. The van der Waals surface area contributed by atoms with Crippen LogP contribution in [0.25, 0.3) is 17.1 Å². The Morgan fingerprint density at radius 1 is 0.882 bits per heavy atom. The number of benzene rings is 3. The number of carbonyl (C=O) groups excluding carboxylic acids is 1. The number of hydrogen-bond acceptors (Lipinski definition) is 7. The van der Waals surface area contributed by atoms with E-state index in [4.69, 9.17) is 25.8 Å². The highest BCUT2D eigenvalue weighted by Gasteiger charge is 2.19. The summed E-state index contributed by atoms with van der Waals surface area (Å²) in [6.07, 6.45) is 0. The normalized spacial score (nSPS) is 10.7. The van der Waals surface area contributed by atoms with Crippen molar-refractivity contribution in [2.75, 3.05) is 27.1 Å². The van der Waals surface area contributed by atoms with Gasteiger partial charge in [-0.2, -0.15) is 0 Å². The summed E-state index contributed by atoms with van der Waals surface area (Å²) in [5, 5.41) is 9.81. The average molecular weight is 496 g/mol. The van der Waals surface area contributed by atoms with E-state index in [2.05, 4.69) is 10.2 Å². The van der Waals surface area contributed by atoms with Crippen LogP contribution in [-0.4, -0.2) is 47.6 Å². The van der Waals surface area contributed by atoms with Gasteiger partial charge >= 0.3 is 0 Å². The topological polar surface area (TPSA) is 75.5 Å². The van der Waals surface area contributed by atoms with E-state index in [1.807, 2.05) is 41.0 Å². The van der Waals surface area contributed by atoms with Gasteiger partial charge in [0.15, 0.2) is 28.3 Å². The van der Waals surface area contributed by atoms with Crippen molar-refractivity contribution in [3.05, 3.63) is 77.3 Å². The third-order valence-corrected chi connectivity index (χ3v) is 6.32. The highest BCUT2D eigenvalue weighted by Crippen LogP contribution is 2.33. The van der Waals surface area contributed by atoms with E-state index in [0.29, 0.717) is 38.8 Å². The Kier molecular flexibility index (Phi) is 7.40. The highest BCUT2D eigenvalue weighted by atomic mass is 35.5. The second-order valence-corrected chi connectivity index (χ2v) is 8.46. The first kappa shape index (κ1) is 23.7. The van der Waals surface area contributed by atoms with Crippen molar-refractivity contribution in [1.29, 1.82) is 0 Å². The molecule has 7 nitrogen and oxygen atoms in total. The second-order valence-electron chi connectivity index (χ2n) is 7.11. The van der Waals surface area contributed by atoms with Crippen LogP contribution in [0.4, 0.5) is 0 Å². The van der Waals surface area contributed by atoms with E-state index in [9.17, 15) is 4.79 Å². The first-order valence-electron chi connectivity index (χ1n) is 10.3. The van der Waals surface area contributed by atoms with Crippen LogP contribution in [0.2, 0.25) is 5.02 Å². The SMILES string of the molecule is COc1ccc(-n2c(SCC(=O)c3ccc(OC)c(OC)c3)nnc2-c2ccccc2)cc1Cl. The lowest BCUT2D eigenvalue weighted by Crippen LogP contribution is -2.06. The summed E-state index contributed by atoms with van der Waals surface area (Å²) in [4.78, 5) is 12.9. The Balaban J connectivity index is 1.66. The van der Waals surface area contributed by atoms with E-state index >= 15 is 0 Å². The Labute approximate surface area is 206 Å². The maximum Gasteiger partial charge on any atom is 0.196 e. The van der Waals surface area contributed by atoms with Gasteiger partial charge < -0.3 is 14.2 Å². The summed E-state index contributed by atoms with van der Waals surface area (Å²) in [6, 6.07) is 20.3. The third kappa shape index (κ3) is 4.88. The molecular weight excluding hydrogens is 474 g/mol. The molecule has 1 heterocycles. The highest BCUT2D eigenvalue weighted by molar-refractivity contribution is 7.99. The zero-order valence-electron chi connectivity index (χ0n) is 18.8. The summed E-state index contributed by atoms with van der Waals surface area (Å²) in [7, 11) is 4.66. The number of methoxy groups -OCH3 is 3. The van der Waals surface area contributed by atoms with Gasteiger partial charge in [-0.25, -0.2) is 0 Å². The molecule has 0 amide bonds. The Bertz CT molecular complexity index is 1310. The van der Waals surface area contributed by atoms with Crippen LogP contribution in [-0.2, 0) is 0 Å². The molecule has 1 aromatic heterocycles. The largest absolute Gasteiger partial charge is 0.495 e. The van der Waals surface area contributed by atoms with E-state index < -0.39 is 0 Å². The molecule has 0 fully saturated rings. The summed E-state index contributed by atoms with van der Waals surface area (Å²) >= 11 is 7.69. The molecule has 34 heavy (non-hydrogen) atoms. The molecule has 4 aromatic rings. The van der Waals surface area contributed by atoms with Gasteiger partial charge in [0, 0.05) is 11.1 Å². The maximum absolute atomic E-state index is 12.9. The molecule has 4 rings (SSSR count). The predicted molar refractivity (Wildman–Crippen MR) is 133 cm³/mol. The molecule has 0 bridgehead atoms. The molecule has 0 atom stereocenters. The van der Waals surface area contributed by atoms with Gasteiger partial charge in [0.25, 0.3) is 0 Å². The number of carbonyl (C=O) groups is 1. The van der Waals surface area contributed by atoms with Gasteiger partial charge in [-0.15, -0.1) is 10.2 Å². The van der Waals surface area contributed by atoms with Crippen molar-refractivity contribution in [3.63, 3.8) is 0 Å². The van der Waals surface area contributed by atoms with Crippen LogP contribution in [0, 0.1) is 0 Å². The summed E-state index contributed by atoms with van der Waals surface area (Å²) in [5.74, 6) is 2.36. The second kappa shape index (κ2) is 10.6. The third-order valence-electron chi connectivity index (χ3n) is 5.10. The lowest BCUT2D eigenvalue weighted by atomic mass is 10.1. The Hall–Kier alpha value is -3.49. The Morgan fingerprint density at radius 2 is 1.59 bits per heavy atom. The van der Waals surface area contributed by atoms with E-state index in [-0.39, 0.29) is 11.5 Å². The van der Waals surface area contributed by atoms with Gasteiger partial charge in [0.05, 0.1) is 37.8 Å². The summed E-state index contributed by atoms with van der Waals surface area (Å²) in [5.41, 5.74) is 2.17. The quantitative estimate of drug-likeness (QED) is 0.221. The molecule has 0 saturated heterocycles. The maximum atomic E-state index is 12.9. The van der Waals surface area contributed by atoms with E-state index in [0.717, 1.165) is 11.3 Å². The standard InChI is InChI=1S/C25H22ClN3O4S/c1-31-21-12-10-18(14-19(21)26)29-24(16-7-5-4-6-8-16)27-28-25(29)34-15-20(30)17-9-11-22(32-2)23(13-17)33-3/h4-14H,15H2,1-3H3. The fourth-order valence-electron chi connectivity index (χ4n) is 3.39. The summed E-state index contributed by atoms with van der Waals surface area (Å²) in [6.45, 7) is 0. The number of nitrogens with zero attached hydrogens (tertiary/aromatic N) is 3. The fourth-order valence-corrected chi connectivity index (χ4v) is 4.49. The predicted octanol–water partition coefficient (Wildman–Crippen LogP) is 5.59. The Morgan fingerprint density at radius 3 is 2.26 bits per heavy atom. The molecule has 9 heteroatoms. The zero-order chi connectivity index (χ0) is 24.1. The van der Waals surface area contributed by atoms with Gasteiger partial charge in [0.1, 0.15) is 5.75 Å². The van der Waals surface area contributed by atoms with Crippen molar-refractivity contribution in [2.24, 2.45) is 0 Å². The van der Waals surface area contributed by atoms with Crippen LogP contribution < -0.4 is 14.2 Å². The van der Waals surface area contributed by atoms with Crippen LogP contribution in [0.3, 0.4) is 0 Å². The van der Waals surface area contributed by atoms with Gasteiger partial charge in [-0.1, -0.05) is 53.7 Å². The minimum Gasteiger partial charge on any atom is -0.495 e. The van der Waals surface area contributed by atoms with Crippen LogP contribution in [0.15, 0.2) is 71.9 Å². The molecule has 3 aromatic carbocycles. The van der Waals surface area contributed by atoms with E-state index in [1.165, 1.54) is 18.9 Å². The fraction of sp³-hybridized carbons (Fsp3) is 0.160. The number of rotatable bonds is 9. The molecule has 0 spiro atoms. The van der Waals surface area contributed by atoms with Gasteiger partial charge in [0.2, 0.25) is 0 Å². The molecular formula is C25H22ClN3O4S. The molecule has 0 aliphatic rings. The summed E-state index contributed by atoms with van der Waals surface area (Å²) < 4.78 is 17.7. The minimum atomic E-state index is -0.0745. The molecule has 0 unspecified atom stereocenters. The van der Waals surface area contributed by atoms with Crippen molar-refractivity contribution >= 4 is 29.1 Å². The van der Waals surface area contributed by atoms with Crippen molar-refractivity contribution in [3.8, 4) is 34.3 Å². The molecule has 174 valence electrons. The van der Waals surface area contributed by atoms with Gasteiger partial charge in [-0.05, 0) is 36.4 Å². The number of ether oxygens (including phenoxy) is 3. The molecule has 0 N–H and O–H groups in total. The van der Waals surface area contributed by atoms with Gasteiger partial charge in [-0.3, -0.25) is 9.36 Å². The molecule has 0 radical (unpaired) electrons. The molecule has 0 aliphatic carbocycles. The number of halogens is 1. The lowest BCUT2D eigenvalue weighted by molar-refractivity contribution is 0.102. The molecule has 0 saturated carbocycles. The first-order valence-corrected chi connectivity index (χ1v) is 11.6. The number of hydrogen-bond donors (Lipinski definition) is 0. The number of thioether (sulfide) groups is 1. The average Bonchev–Trinajstić information content (AvgIpc) is 3.31. The number of ketones is 1. The van der Waals surface area contributed by atoms with Crippen molar-refractivity contribution < 1.29 is 19.0 Å². The van der Waals surface area contributed by atoms with E-state index in [1.54, 1.807) is 44.6 Å². The van der Waals surface area contributed by atoms with Crippen molar-refractivity contribution in [2.45, 2.75) is 5.16 Å². The smallest absolute Gasteiger partial charge is 0.196 e. The van der Waals surface area contributed by atoms with Crippen molar-refractivity contribution in [1.82, 2.24) is 14.8 Å².